The number of ether oxygens (including phenoxy) is 6. The van der Waals surface area contributed by atoms with Crippen LogP contribution >= 0.6 is 31.3 Å². The Balaban J connectivity index is 0.000000216. The van der Waals surface area contributed by atoms with Crippen LogP contribution in [0.5, 0.6) is 0 Å². The van der Waals surface area contributed by atoms with Crippen molar-refractivity contribution in [1.29, 1.82) is 0 Å². The van der Waals surface area contributed by atoms with Crippen LogP contribution in [0.1, 0.15) is 27.8 Å². The number of phosphoric acid groups is 4. The molecule has 0 saturated carbocycles. The average molecular weight is 1450 g/mol. The monoisotopic (exact) mass is 1450 g/mol. The van der Waals surface area contributed by atoms with E-state index in [1.807, 2.05) is 0 Å². The zero-order valence-corrected chi connectivity index (χ0v) is 56.8. The van der Waals surface area contributed by atoms with Crippen molar-refractivity contribution in [2.75, 3.05) is 62.6 Å². The number of imidazole rings is 4. The summed E-state index contributed by atoms with van der Waals surface area (Å²) in [5.41, 5.74) is 18.3. The standard InChI is InChI=1S/2C21H24N10O13P2.2H3N.2Na.2H/c2*22-14-8-15(25-4-24-14)30(5-26-8)19-12-13-21(42-19,2-38-12)3-40-46(36,37)43-11-10(32)7(1-39-45(34,35)44-13)41-18(11)31-6-27-9-16(31)28-20(23)29-17(9)33;;;;;;/h2*4-7,10-13,18-19,32H,1-3H2,(H,34,35)(H,36,37)(H2,22,24,25)(H3,23,28,29,33);2*1H3;;;;/q;;;;2*+1;2*-1/p-4. The van der Waals surface area contributed by atoms with E-state index in [1.54, 1.807) is 0 Å². The molecular weight excluding hydrogens is 1400 g/mol. The predicted molar refractivity (Wildman–Crippen MR) is 296 cm³/mol. The average Bonchev–Trinajstić information content (AvgIpc) is 1.54. The topological polar surface area (TPSA) is 719 Å². The number of nitrogens with one attached hydrogen (secondary N) is 2. The number of aromatic nitrogens is 16. The molecule has 0 radical (unpaired) electrons. The minimum absolute atomic E-state index is 0. The molecule has 54 heteroatoms. The molecule has 8 aromatic heterocycles. The molecule has 0 spiro atoms. The summed E-state index contributed by atoms with van der Waals surface area (Å²) in [5.74, 6) is -0.441. The van der Waals surface area contributed by atoms with Crippen molar-refractivity contribution in [1.82, 2.24) is 90.4 Å². The maximum Gasteiger partial charge on any atom is 1.00 e. The molecule has 512 valence electrons. The summed E-state index contributed by atoms with van der Waals surface area (Å²) in [6.07, 6.45) is -13.6. The van der Waals surface area contributed by atoms with Gasteiger partial charge in [-0.1, -0.05) is 0 Å². The van der Waals surface area contributed by atoms with Gasteiger partial charge in [-0.2, -0.15) is 9.97 Å². The third-order valence-corrected chi connectivity index (χ3v) is 19.9. The SMILES string of the molecule is N.N.Nc1nc2c(ncn2C2OC3COP(=O)([O-])OC4C5OCC4(COP(=O)([O-])OC2C3O)OC5n2cnc3c(N)ncnc32)c(=O)[nH]1.Nc1nc2c(ncn2C2OC3COP(=O)([O-])OC4C5OCC4(COP(=O)([O-])OC2C3O)OC5n2cnc3c(N)ncnc32)c(=O)[nH]1.[H-].[H-].[Na+].[Na+]. The number of phosphoric ester groups is 4. The van der Waals surface area contributed by atoms with Gasteiger partial charge in [-0.25, -0.2) is 39.9 Å². The molecule has 0 aliphatic carbocycles. The van der Waals surface area contributed by atoms with E-state index in [0.717, 1.165) is 21.8 Å². The summed E-state index contributed by atoms with van der Waals surface area (Å²) in [6, 6.07) is 0. The number of anilines is 4. The van der Waals surface area contributed by atoms with Crippen molar-refractivity contribution >= 4 is 99.5 Å². The molecule has 16 rings (SSSR count). The van der Waals surface area contributed by atoms with E-state index in [1.165, 1.54) is 34.4 Å². The summed E-state index contributed by atoms with van der Waals surface area (Å²) in [7, 11) is -21.2. The smallest absolute Gasteiger partial charge is 1.00 e. The fraction of sp³-hybridized carbons (Fsp3) is 0.524. The first-order valence-corrected chi connectivity index (χ1v) is 32.7. The van der Waals surface area contributed by atoms with Gasteiger partial charge in [0.05, 0.1) is 65.0 Å². The molecule has 8 fully saturated rings. The molecular formula is C42H52N22Na2O26P4-4. The van der Waals surface area contributed by atoms with Crippen LogP contribution in [0.25, 0.3) is 44.7 Å². The van der Waals surface area contributed by atoms with E-state index in [0.29, 0.717) is 0 Å². The van der Waals surface area contributed by atoms with Gasteiger partial charge in [-0.05, 0) is 0 Å². The quantitative estimate of drug-likeness (QED) is 0.0578. The largest absolute Gasteiger partial charge is 1.00 e. The van der Waals surface area contributed by atoms with Gasteiger partial charge in [0.15, 0.2) is 70.2 Å². The molecule has 8 aromatic rings. The Morgan fingerprint density at radius 3 is 1.23 bits per heavy atom. The number of fused-ring (bicyclic) bond motifs is 8. The van der Waals surface area contributed by atoms with Crippen LogP contribution in [0.2, 0.25) is 0 Å². The maximum absolute atomic E-state index is 13.3. The van der Waals surface area contributed by atoms with Crippen LogP contribution in [0.15, 0.2) is 47.6 Å². The fourth-order valence-corrected chi connectivity index (χ4v) is 15.8. The molecule has 0 amide bonds. The van der Waals surface area contributed by atoms with Crippen molar-refractivity contribution < 1.29 is 175 Å². The summed E-state index contributed by atoms with van der Waals surface area (Å²) in [4.78, 5) is 122. The first-order valence-electron chi connectivity index (χ1n) is 26.8. The summed E-state index contributed by atoms with van der Waals surface area (Å²) < 4.78 is 135. The Kier molecular flexibility index (Phi) is 19.7. The number of nitrogens with zero attached hydrogens (tertiary/aromatic N) is 14. The van der Waals surface area contributed by atoms with Gasteiger partial charge < -0.3 is 132 Å². The van der Waals surface area contributed by atoms with Gasteiger partial charge in [0.2, 0.25) is 11.9 Å². The number of H-pyrrole nitrogens is 2. The molecule has 8 saturated heterocycles. The first kappa shape index (κ1) is 72.3. The molecule has 8 aliphatic heterocycles. The van der Waals surface area contributed by atoms with Crippen LogP contribution in [-0.4, -0.2) is 200 Å². The molecule has 20 unspecified atom stereocenters. The fourth-order valence-electron chi connectivity index (χ4n) is 11.9. The molecule has 96 heavy (non-hydrogen) atoms. The van der Waals surface area contributed by atoms with Gasteiger partial charge in [-0.15, -0.1) is 0 Å². The van der Waals surface area contributed by atoms with Gasteiger partial charge in [0.25, 0.3) is 42.4 Å². The molecule has 20 atom stereocenters. The van der Waals surface area contributed by atoms with Crippen LogP contribution < -0.4 is 125 Å². The number of aromatic amines is 2. The van der Waals surface area contributed by atoms with Crippen LogP contribution in [0, 0.1) is 0 Å². The molecule has 0 aromatic carbocycles. The molecule has 8 bridgehead atoms. The normalized spacial score (nSPS) is 38.0. The Hall–Kier alpha value is -4.96. The van der Waals surface area contributed by atoms with E-state index in [9.17, 15) is 57.6 Å². The second kappa shape index (κ2) is 26.2. The minimum atomic E-state index is -5.37. The van der Waals surface area contributed by atoms with Crippen molar-refractivity contribution in [2.45, 2.75) is 97.2 Å². The Morgan fingerprint density at radius 2 is 0.844 bits per heavy atom. The summed E-state index contributed by atoms with van der Waals surface area (Å²) in [5, 5.41) is 22.1. The van der Waals surface area contributed by atoms with Gasteiger partial charge in [0.1, 0.15) is 95.9 Å². The van der Waals surface area contributed by atoms with Crippen LogP contribution in [0.4, 0.5) is 23.5 Å². The van der Waals surface area contributed by atoms with Crippen LogP contribution in [0.3, 0.4) is 0 Å². The number of aliphatic hydroxyl groups excluding tert-OH is 2. The third-order valence-electron chi connectivity index (χ3n) is 16.1. The second-order valence-electron chi connectivity index (χ2n) is 21.6. The van der Waals surface area contributed by atoms with Gasteiger partial charge in [-0.3, -0.25) is 56.1 Å². The molecule has 16 heterocycles. The van der Waals surface area contributed by atoms with Crippen molar-refractivity contribution in [3.8, 4) is 0 Å². The number of hydrogen-bond acceptors (Lipinski definition) is 42. The van der Waals surface area contributed by atoms with Crippen molar-refractivity contribution in [2.24, 2.45) is 0 Å². The Labute approximate surface area is 579 Å². The molecule has 18 N–H and O–H groups in total. The Bertz CT molecular complexity index is 4360. The van der Waals surface area contributed by atoms with E-state index in [2.05, 4.69) is 59.8 Å². The number of rotatable bonds is 4. The van der Waals surface area contributed by atoms with Gasteiger partial charge >= 0.3 is 59.1 Å². The summed E-state index contributed by atoms with van der Waals surface area (Å²) in [6.45, 7) is -4.10. The number of nitrogens with two attached hydrogens (primary N) is 4. The van der Waals surface area contributed by atoms with E-state index >= 15 is 0 Å². The van der Waals surface area contributed by atoms with Crippen molar-refractivity contribution in [3.05, 3.63) is 58.7 Å². The third kappa shape index (κ3) is 12.5. The molecule has 8 aliphatic rings. The van der Waals surface area contributed by atoms with Crippen LogP contribution in [-0.2, 0) is 82.9 Å². The Morgan fingerprint density at radius 1 is 0.490 bits per heavy atom. The zero-order chi connectivity index (χ0) is 64.3. The number of nitrogen functional groups attached to an aromatic ring is 4. The second-order valence-corrected chi connectivity index (χ2v) is 27.1. The minimum Gasteiger partial charge on any atom is -1.00 e. The van der Waals surface area contributed by atoms with E-state index in [-0.39, 0.29) is 156 Å². The van der Waals surface area contributed by atoms with Crippen molar-refractivity contribution in [3.63, 3.8) is 0 Å². The summed E-state index contributed by atoms with van der Waals surface area (Å²) >= 11 is 0. The van der Waals surface area contributed by atoms with E-state index in [4.69, 9.17) is 87.5 Å². The number of aliphatic hydroxyl groups is 2. The number of hydrogen-bond donors (Lipinski definition) is 10. The van der Waals surface area contributed by atoms with E-state index < -0.39 is 166 Å². The zero-order valence-electron chi connectivity index (χ0n) is 51.3. The van der Waals surface area contributed by atoms with Gasteiger partial charge in [0, 0.05) is 0 Å². The first-order chi connectivity index (χ1) is 43.7. The maximum atomic E-state index is 13.3. The molecule has 48 nitrogen and oxygen atoms in total. The predicted octanol–water partition coefficient (Wildman–Crippen LogP) is -11.8.